The number of nitrogens with zero attached hydrogens (tertiary/aromatic N) is 2. The molecule has 1 aromatic heterocycles. The summed E-state index contributed by atoms with van der Waals surface area (Å²) >= 11 is 1.52. The summed E-state index contributed by atoms with van der Waals surface area (Å²) in [5, 5.41) is 10.5. The second kappa shape index (κ2) is 9.25. The van der Waals surface area contributed by atoms with E-state index in [9.17, 15) is 5.11 Å². The molecule has 0 spiro atoms. The van der Waals surface area contributed by atoms with Gasteiger partial charge >= 0.3 is 0 Å². The molecule has 0 aliphatic heterocycles. The average Bonchev–Trinajstić information content (AvgIpc) is 2.87. The Kier molecular flexibility index (Phi) is 7.97. The normalized spacial score (nSPS) is 12.6. The van der Waals surface area contributed by atoms with Gasteiger partial charge in [0.25, 0.3) is 0 Å². The Labute approximate surface area is 119 Å². The largest absolute Gasteiger partial charge is 0.388 e. The zero-order valence-electron chi connectivity index (χ0n) is 12.0. The van der Waals surface area contributed by atoms with Crippen molar-refractivity contribution >= 4 is 16.5 Å². The molecular weight excluding hydrogens is 264 g/mol. The molecule has 19 heavy (non-hydrogen) atoms. The Hall–Kier alpha value is -0.690. The van der Waals surface area contributed by atoms with E-state index in [0.717, 1.165) is 36.3 Å². The van der Waals surface area contributed by atoms with Crippen LogP contribution in [0.2, 0.25) is 0 Å². The van der Waals surface area contributed by atoms with Gasteiger partial charge in [-0.25, -0.2) is 4.98 Å². The molecule has 0 saturated carbocycles. The van der Waals surface area contributed by atoms with Crippen LogP contribution in [0.3, 0.4) is 0 Å². The maximum absolute atomic E-state index is 9.55. The fraction of sp³-hybridized carbons (Fsp3) is 0.769. The van der Waals surface area contributed by atoms with Crippen LogP contribution in [-0.4, -0.2) is 49.6 Å². The Balaban J connectivity index is 2.58. The molecule has 1 unspecified atom stereocenters. The highest BCUT2D eigenvalue weighted by Gasteiger charge is 2.13. The summed E-state index contributed by atoms with van der Waals surface area (Å²) in [6.45, 7) is 10.1. The molecule has 0 fully saturated rings. The first-order valence-electron chi connectivity index (χ1n) is 6.73. The van der Waals surface area contributed by atoms with Gasteiger partial charge in [0.2, 0.25) is 0 Å². The molecule has 6 heteroatoms. The Morgan fingerprint density at radius 1 is 1.26 bits per heavy atom. The van der Waals surface area contributed by atoms with E-state index >= 15 is 0 Å². The van der Waals surface area contributed by atoms with Gasteiger partial charge in [-0.2, -0.15) is 0 Å². The highest BCUT2D eigenvalue weighted by molar-refractivity contribution is 7.15. The Morgan fingerprint density at radius 2 is 1.84 bits per heavy atom. The smallest absolute Gasteiger partial charge is 0.185 e. The van der Waals surface area contributed by atoms with Crippen molar-refractivity contribution in [1.29, 1.82) is 0 Å². The lowest BCUT2D eigenvalue weighted by Gasteiger charge is -2.21. The number of aliphatic hydroxyl groups excluding tert-OH is 1. The molecule has 0 bridgehead atoms. The number of hydrogen-bond donors (Lipinski definition) is 1. The van der Waals surface area contributed by atoms with E-state index in [1.807, 2.05) is 13.8 Å². The number of rotatable bonds is 10. The SMILES string of the molecule is CCOCCN(CCOCC)c1ncc(C(C)O)s1. The molecule has 1 aromatic rings. The zero-order chi connectivity index (χ0) is 14.1. The number of thiazole rings is 1. The Morgan fingerprint density at radius 3 is 2.26 bits per heavy atom. The van der Waals surface area contributed by atoms with Crippen LogP contribution in [0.5, 0.6) is 0 Å². The molecule has 110 valence electrons. The monoisotopic (exact) mass is 288 g/mol. The minimum absolute atomic E-state index is 0.466. The molecule has 0 saturated heterocycles. The van der Waals surface area contributed by atoms with Gasteiger partial charge in [-0.15, -0.1) is 0 Å². The topological polar surface area (TPSA) is 54.8 Å². The van der Waals surface area contributed by atoms with Gasteiger partial charge in [0.15, 0.2) is 5.13 Å². The summed E-state index contributed by atoms with van der Waals surface area (Å²) in [5.41, 5.74) is 0. The molecule has 0 aliphatic carbocycles. The van der Waals surface area contributed by atoms with Crippen molar-refractivity contribution in [2.75, 3.05) is 44.4 Å². The lowest BCUT2D eigenvalue weighted by atomic mass is 10.4. The van der Waals surface area contributed by atoms with Crippen molar-refractivity contribution in [3.63, 3.8) is 0 Å². The summed E-state index contributed by atoms with van der Waals surface area (Å²) in [4.78, 5) is 7.39. The van der Waals surface area contributed by atoms with E-state index in [2.05, 4.69) is 9.88 Å². The number of ether oxygens (including phenoxy) is 2. The third-order valence-corrected chi connectivity index (χ3v) is 3.84. The molecule has 0 aromatic carbocycles. The maximum Gasteiger partial charge on any atom is 0.185 e. The number of hydrogen-bond acceptors (Lipinski definition) is 6. The van der Waals surface area contributed by atoms with Gasteiger partial charge in [0.05, 0.1) is 24.2 Å². The molecule has 1 N–H and O–H groups in total. The standard InChI is InChI=1S/C13H24N2O3S/c1-4-17-8-6-15(7-9-18-5-2)13-14-10-12(19-13)11(3)16/h10-11,16H,4-9H2,1-3H3. The molecule has 0 aliphatic rings. The van der Waals surface area contributed by atoms with Crippen molar-refractivity contribution in [3.8, 4) is 0 Å². The first-order chi connectivity index (χ1) is 9.19. The minimum atomic E-state index is -0.466. The van der Waals surface area contributed by atoms with Gasteiger partial charge in [-0.3, -0.25) is 0 Å². The van der Waals surface area contributed by atoms with Crippen molar-refractivity contribution in [2.45, 2.75) is 26.9 Å². The molecule has 1 rings (SSSR count). The number of aliphatic hydroxyl groups is 1. The molecule has 5 nitrogen and oxygen atoms in total. The minimum Gasteiger partial charge on any atom is -0.388 e. The summed E-state index contributed by atoms with van der Waals surface area (Å²) in [6.07, 6.45) is 1.27. The van der Waals surface area contributed by atoms with Crippen LogP contribution in [0.4, 0.5) is 5.13 Å². The van der Waals surface area contributed by atoms with Gasteiger partial charge in [0.1, 0.15) is 0 Å². The predicted octanol–water partition coefficient (Wildman–Crippen LogP) is 2.08. The van der Waals surface area contributed by atoms with Crippen molar-refractivity contribution < 1.29 is 14.6 Å². The summed E-state index contributed by atoms with van der Waals surface area (Å²) < 4.78 is 10.8. The maximum atomic E-state index is 9.55. The average molecular weight is 288 g/mol. The molecule has 1 heterocycles. The first-order valence-corrected chi connectivity index (χ1v) is 7.54. The molecule has 0 radical (unpaired) electrons. The van der Waals surface area contributed by atoms with Crippen molar-refractivity contribution in [2.24, 2.45) is 0 Å². The second-order valence-corrected chi connectivity index (χ2v) is 5.14. The molecular formula is C13H24N2O3S. The van der Waals surface area contributed by atoms with E-state index in [1.54, 1.807) is 13.1 Å². The quantitative estimate of drug-likeness (QED) is 0.668. The zero-order valence-corrected chi connectivity index (χ0v) is 12.8. The predicted molar refractivity (Wildman–Crippen MR) is 77.9 cm³/mol. The fourth-order valence-electron chi connectivity index (χ4n) is 1.56. The van der Waals surface area contributed by atoms with Crippen LogP contribution in [0.1, 0.15) is 31.8 Å². The third-order valence-electron chi connectivity index (χ3n) is 2.61. The summed E-state index contributed by atoms with van der Waals surface area (Å²) in [5.74, 6) is 0. The van der Waals surface area contributed by atoms with Crippen LogP contribution in [-0.2, 0) is 9.47 Å². The first kappa shape index (κ1) is 16.4. The van der Waals surface area contributed by atoms with E-state index in [4.69, 9.17) is 9.47 Å². The second-order valence-electron chi connectivity index (χ2n) is 4.10. The highest BCUT2D eigenvalue weighted by atomic mass is 32.1. The van der Waals surface area contributed by atoms with Crippen LogP contribution in [0, 0.1) is 0 Å². The Bertz CT molecular complexity index is 334. The van der Waals surface area contributed by atoms with Crippen molar-refractivity contribution in [3.05, 3.63) is 11.1 Å². The highest BCUT2D eigenvalue weighted by Crippen LogP contribution is 2.26. The van der Waals surface area contributed by atoms with Gasteiger partial charge in [-0.05, 0) is 20.8 Å². The van der Waals surface area contributed by atoms with Crippen LogP contribution in [0.15, 0.2) is 6.20 Å². The van der Waals surface area contributed by atoms with E-state index in [0.29, 0.717) is 13.2 Å². The fourth-order valence-corrected chi connectivity index (χ4v) is 2.46. The third kappa shape index (κ3) is 5.86. The summed E-state index contributed by atoms with van der Waals surface area (Å²) in [7, 11) is 0. The molecule has 0 amide bonds. The molecule has 1 atom stereocenters. The lowest BCUT2D eigenvalue weighted by Crippen LogP contribution is -2.31. The number of anilines is 1. The van der Waals surface area contributed by atoms with Gasteiger partial charge < -0.3 is 19.5 Å². The van der Waals surface area contributed by atoms with Crippen molar-refractivity contribution in [1.82, 2.24) is 4.98 Å². The van der Waals surface area contributed by atoms with Crippen LogP contribution in [0.25, 0.3) is 0 Å². The van der Waals surface area contributed by atoms with Gasteiger partial charge in [0, 0.05) is 32.5 Å². The van der Waals surface area contributed by atoms with Gasteiger partial charge in [-0.1, -0.05) is 11.3 Å². The van der Waals surface area contributed by atoms with E-state index < -0.39 is 6.10 Å². The number of aromatic nitrogens is 1. The lowest BCUT2D eigenvalue weighted by molar-refractivity contribution is 0.141. The van der Waals surface area contributed by atoms with Crippen LogP contribution < -0.4 is 4.90 Å². The van der Waals surface area contributed by atoms with E-state index in [-0.39, 0.29) is 0 Å². The summed E-state index contributed by atoms with van der Waals surface area (Å²) in [6, 6.07) is 0. The van der Waals surface area contributed by atoms with E-state index in [1.165, 1.54) is 11.3 Å². The van der Waals surface area contributed by atoms with Crippen LogP contribution >= 0.6 is 11.3 Å².